The fourth-order valence-electron chi connectivity index (χ4n) is 4.34. The third kappa shape index (κ3) is 2.86. The molecule has 0 aromatic heterocycles. The van der Waals surface area contributed by atoms with Crippen molar-refractivity contribution in [2.45, 2.75) is 32.1 Å². The number of rotatable bonds is 3. The van der Waals surface area contributed by atoms with Crippen molar-refractivity contribution in [3.8, 4) is 0 Å². The number of likely N-dealkylation sites (tertiary alicyclic amines) is 1. The quantitative estimate of drug-likeness (QED) is 0.842. The van der Waals surface area contributed by atoms with Crippen molar-refractivity contribution in [3.05, 3.63) is 0 Å². The number of hydrogen-bond acceptors (Lipinski definition) is 3. The van der Waals surface area contributed by atoms with Gasteiger partial charge in [0, 0.05) is 26.1 Å². The summed E-state index contributed by atoms with van der Waals surface area (Å²) in [5.74, 6) is 1.42. The van der Waals surface area contributed by atoms with E-state index in [0.717, 1.165) is 32.6 Å². The van der Waals surface area contributed by atoms with Crippen LogP contribution in [-0.2, 0) is 4.79 Å². The molecule has 1 amide bonds. The van der Waals surface area contributed by atoms with Crippen LogP contribution in [0.2, 0.25) is 0 Å². The van der Waals surface area contributed by atoms with E-state index in [2.05, 4.69) is 17.3 Å². The standard InChI is InChI=1S/C16H29N3O/c1-18-9-3-4-13(11-18)12-19(2)15(20)14-10-16(14)5-7-17-8-6-16/h13-14,17H,3-12H2,1-2H3. The molecule has 3 fully saturated rings. The first-order valence-electron chi connectivity index (χ1n) is 8.25. The van der Waals surface area contributed by atoms with Crippen molar-refractivity contribution in [1.29, 1.82) is 0 Å². The molecule has 3 aliphatic rings. The van der Waals surface area contributed by atoms with Crippen LogP contribution in [0.15, 0.2) is 0 Å². The summed E-state index contributed by atoms with van der Waals surface area (Å²) < 4.78 is 0. The minimum absolute atomic E-state index is 0.330. The molecule has 2 atom stereocenters. The Morgan fingerprint density at radius 2 is 2.15 bits per heavy atom. The molecule has 1 aliphatic carbocycles. The fourth-order valence-corrected chi connectivity index (χ4v) is 4.34. The van der Waals surface area contributed by atoms with E-state index in [-0.39, 0.29) is 0 Å². The van der Waals surface area contributed by atoms with E-state index in [0.29, 0.717) is 23.2 Å². The Balaban J connectivity index is 1.50. The number of nitrogens with one attached hydrogen (secondary N) is 1. The highest BCUT2D eigenvalue weighted by Gasteiger charge is 2.58. The average molecular weight is 279 g/mol. The second-order valence-corrected chi connectivity index (χ2v) is 7.36. The Kier molecular flexibility index (Phi) is 4.04. The molecule has 1 saturated carbocycles. The van der Waals surface area contributed by atoms with Crippen molar-refractivity contribution in [1.82, 2.24) is 15.1 Å². The van der Waals surface area contributed by atoms with Gasteiger partial charge in [-0.3, -0.25) is 4.79 Å². The molecule has 0 bridgehead atoms. The predicted octanol–water partition coefficient (Wildman–Crippen LogP) is 1.18. The highest BCUT2D eigenvalue weighted by molar-refractivity contribution is 5.82. The first-order valence-corrected chi connectivity index (χ1v) is 8.25. The number of carbonyl (C=O) groups excluding carboxylic acids is 1. The van der Waals surface area contributed by atoms with Crippen LogP contribution in [0.3, 0.4) is 0 Å². The van der Waals surface area contributed by atoms with Crippen molar-refractivity contribution < 1.29 is 4.79 Å². The van der Waals surface area contributed by atoms with Crippen molar-refractivity contribution in [2.24, 2.45) is 17.3 Å². The van der Waals surface area contributed by atoms with E-state index < -0.39 is 0 Å². The monoisotopic (exact) mass is 279 g/mol. The molecule has 2 unspecified atom stereocenters. The molecular formula is C16H29N3O. The lowest BCUT2D eigenvalue weighted by molar-refractivity contribution is -0.133. The summed E-state index contributed by atoms with van der Waals surface area (Å²) in [6, 6.07) is 0. The smallest absolute Gasteiger partial charge is 0.226 e. The van der Waals surface area contributed by atoms with Crippen LogP contribution in [0, 0.1) is 17.3 Å². The Hall–Kier alpha value is -0.610. The fraction of sp³-hybridized carbons (Fsp3) is 0.938. The Morgan fingerprint density at radius 3 is 2.85 bits per heavy atom. The largest absolute Gasteiger partial charge is 0.345 e. The third-order valence-electron chi connectivity index (χ3n) is 5.72. The summed E-state index contributed by atoms with van der Waals surface area (Å²) in [6.45, 7) is 5.51. The van der Waals surface area contributed by atoms with Gasteiger partial charge < -0.3 is 15.1 Å². The lowest BCUT2D eigenvalue weighted by atomic mass is 9.91. The van der Waals surface area contributed by atoms with E-state index in [1.54, 1.807) is 0 Å². The second kappa shape index (κ2) is 5.64. The SMILES string of the molecule is CN1CCCC(CN(C)C(=O)C2CC23CCNCC3)C1. The van der Waals surface area contributed by atoms with Crippen molar-refractivity contribution in [2.75, 3.05) is 46.8 Å². The molecule has 1 spiro atoms. The maximum absolute atomic E-state index is 12.6. The van der Waals surface area contributed by atoms with Gasteiger partial charge in [-0.25, -0.2) is 0 Å². The van der Waals surface area contributed by atoms with Crippen LogP contribution >= 0.6 is 0 Å². The van der Waals surface area contributed by atoms with Gasteiger partial charge in [0.2, 0.25) is 5.91 Å². The second-order valence-electron chi connectivity index (χ2n) is 7.36. The molecule has 4 nitrogen and oxygen atoms in total. The maximum atomic E-state index is 12.6. The average Bonchev–Trinajstić information content (AvgIpc) is 3.12. The molecule has 20 heavy (non-hydrogen) atoms. The molecule has 114 valence electrons. The molecule has 3 rings (SSSR count). The van der Waals surface area contributed by atoms with E-state index in [1.807, 2.05) is 11.9 Å². The van der Waals surface area contributed by atoms with Crippen LogP contribution in [0.5, 0.6) is 0 Å². The molecule has 2 heterocycles. The zero-order valence-corrected chi connectivity index (χ0v) is 13.0. The van der Waals surface area contributed by atoms with E-state index in [4.69, 9.17) is 0 Å². The van der Waals surface area contributed by atoms with Gasteiger partial charge in [0.15, 0.2) is 0 Å². The molecule has 0 aromatic carbocycles. The van der Waals surface area contributed by atoms with Gasteiger partial charge in [-0.2, -0.15) is 0 Å². The summed E-state index contributed by atoms with van der Waals surface area (Å²) in [7, 11) is 4.21. The van der Waals surface area contributed by atoms with Gasteiger partial charge in [0.05, 0.1) is 0 Å². The summed E-state index contributed by atoms with van der Waals surface area (Å²) in [4.78, 5) is 17.1. The number of amides is 1. The van der Waals surface area contributed by atoms with Crippen molar-refractivity contribution in [3.63, 3.8) is 0 Å². The topological polar surface area (TPSA) is 35.6 Å². The van der Waals surface area contributed by atoms with Gasteiger partial charge in [-0.1, -0.05) is 0 Å². The molecule has 0 radical (unpaired) electrons. The van der Waals surface area contributed by atoms with Gasteiger partial charge in [-0.15, -0.1) is 0 Å². The highest BCUT2D eigenvalue weighted by Crippen LogP contribution is 2.59. The zero-order chi connectivity index (χ0) is 14.2. The molecule has 2 aliphatic heterocycles. The molecule has 2 saturated heterocycles. The van der Waals surface area contributed by atoms with Crippen LogP contribution in [-0.4, -0.2) is 62.5 Å². The summed E-state index contributed by atoms with van der Waals surface area (Å²) in [5.41, 5.74) is 0.375. The van der Waals surface area contributed by atoms with Crippen LogP contribution in [0.1, 0.15) is 32.1 Å². The molecule has 1 N–H and O–H groups in total. The first-order chi connectivity index (χ1) is 9.61. The third-order valence-corrected chi connectivity index (χ3v) is 5.72. The summed E-state index contributed by atoms with van der Waals surface area (Å²) in [6.07, 6.45) is 6.10. The lowest BCUT2D eigenvalue weighted by Crippen LogP contribution is -2.41. The number of nitrogens with zero attached hydrogens (tertiary/aromatic N) is 2. The van der Waals surface area contributed by atoms with Gasteiger partial charge >= 0.3 is 0 Å². The van der Waals surface area contributed by atoms with Crippen LogP contribution in [0.4, 0.5) is 0 Å². The van der Waals surface area contributed by atoms with Crippen LogP contribution < -0.4 is 5.32 Å². The maximum Gasteiger partial charge on any atom is 0.226 e. The highest BCUT2D eigenvalue weighted by atomic mass is 16.2. The van der Waals surface area contributed by atoms with Gasteiger partial charge in [0.1, 0.15) is 0 Å². The van der Waals surface area contributed by atoms with Gasteiger partial charge in [-0.05, 0) is 70.1 Å². The minimum atomic E-state index is 0.330. The molecule has 4 heteroatoms. The molecular weight excluding hydrogens is 250 g/mol. The predicted molar refractivity (Wildman–Crippen MR) is 80.5 cm³/mol. The first kappa shape index (κ1) is 14.3. The number of hydrogen-bond donors (Lipinski definition) is 1. The normalized spacial score (nSPS) is 33.1. The molecule has 0 aromatic rings. The Morgan fingerprint density at radius 1 is 1.40 bits per heavy atom. The zero-order valence-electron chi connectivity index (χ0n) is 13.0. The van der Waals surface area contributed by atoms with E-state index in [9.17, 15) is 4.79 Å². The minimum Gasteiger partial charge on any atom is -0.345 e. The summed E-state index contributed by atoms with van der Waals surface area (Å²) >= 11 is 0. The van der Waals surface area contributed by atoms with E-state index >= 15 is 0 Å². The Bertz CT molecular complexity index is 365. The summed E-state index contributed by atoms with van der Waals surface area (Å²) in [5, 5.41) is 3.41. The van der Waals surface area contributed by atoms with E-state index in [1.165, 1.54) is 32.2 Å². The van der Waals surface area contributed by atoms with Crippen molar-refractivity contribution >= 4 is 5.91 Å². The van der Waals surface area contributed by atoms with Gasteiger partial charge in [0.25, 0.3) is 0 Å². The lowest BCUT2D eigenvalue weighted by Gasteiger charge is -2.33. The van der Waals surface area contributed by atoms with Crippen LogP contribution in [0.25, 0.3) is 0 Å². The Labute approximate surface area is 122 Å². The number of carbonyl (C=O) groups is 1. The number of piperidine rings is 2.